The van der Waals surface area contributed by atoms with Crippen molar-refractivity contribution in [1.82, 2.24) is 19.6 Å². The van der Waals surface area contributed by atoms with Crippen LogP contribution in [0.2, 0.25) is 5.02 Å². The van der Waals surface area contributed by atoms with E-state index in [1.807, 2.05) is 22.8 Å². The number of rotatable bonds is 7. The van der Waals surface area contributed by atoms with Gasteiger partial charge in [0, 0.05) is 91.0 Å². The third-order valence-electron chi connectivity index (χ3n) is 10.5. The Morgan fingerprint density at radius 1 is 1.16 bits per heavy atom. The van der Waals surface area contributed by atoms with Crippen molar-refractivity contribution in [3.05, 3.63) is 40.6 Å². The fourth-order valence-corrected chi connectivity index (χ4v) is 8.28. The number of aromatic nitrogens is 2. The Bertz CT molecular complexity index is 1530. The molecular weight excluding hydrogens is 578 g/mol. The first-order valence-electron chi connectivity index (χ1n) is 15.5. The maximum absolute atomic E-state index is 13.4. The number of hydrogen-bond acceptors (Lipinski definition) is 7. The molecule has 2 aromatic rings. The number of nitrogen functional groups attached to an aromatic ring is 1. The molecule has 4 heterocycles. The van der Waals surface area contributed by atoms with Crippen molar-refractivity contribution in [3.63, 3.8) is 0 Å². The number of ether oxygens (including phenoxy) is 1. The van der Waals surface area contributed by atoms with Gasteiger partial charge in [-0.3, -0.25) is 14.3 Å². The zero-order valence-electron chi connectivity index (χ0n) is 26.5. The van der Waals surface area contributed by atoms with E-state index in [4.69, 9.17) is 32.6 Å². The zero-order valence-corrected chi connectivity index (χ0v) is 27.2. The molecule has 1 aliphatic carbocycles. The Balaban J connectivity index is 1.35. The van der Waals surface area contributed by atoms with Crippen LogP contribution >= 0.6 is 11.6 Å². The predicted octanol–water partition coefficient (Wildman–Crippen LogP) is 4.60. The van der Waals surface area contributed by atoms with Gasteiger partial charge in [-0.15, -0.1) is 0 Å². The molecule has 1 saturated carbocycles. The van der Waals surface area contributed by atoms with Crippen LogP contribution in [0.4, 0.5) is 11.5 Å². The Morgan fingerprint density at radius 3 is 2.43 bits per heavy atom. The zero-order chi connectivity index (χ0) is 31.7. The molecular formula is C33H44ClN7O3. The average Bonchev–Trinajstić information content (AvgIpc) is 3.23. The summed E-state index contributed by atoms with van der Waals surface area (Å²) < 4.78 is 7.53. The van der Waals surface area contributed by atoms with Crippen molar-refractivity contribution in [3.8, 4) is 11.1 Å². The molecule has 4 fully saturated rings. The second-order valence-electron chi connectivity index (χ2n) is 14.0. The number of piperidine rings is 1. The summed E-state index contributed by atoms with van der Waals surface area (Å²) in [6.45, 7) is 15.5. The maximum atomic E-state index is 13.4. The Kier molecular flexibility index (Phi) is 7.60. The van der Waals surface area contributed by atoms with E-state index in [9.17, 15) is 9.59 Å². The molecule has 2 amide bonds. The van der Waals surface area contributed by atoms with Crippen LogP contribution in [-0.4, -0.2) is 89.1 Å². The highest BCUT2D eigenvalue weighted by atomic mass is 35.5. The summed E-state index contributed by atoms with van der Waals surface area (Å²) in [5.41, 5.74) is 10.8. The Morgan fingerprint density at radius 2 is 1.84 bits per heavy atom. The number of likely N-dealkylation sites (tertiary alicyclic amines) is 2. The van der Waals surface area contributed by atoms with Crippen LogP contribution in [0.5, 0.6) is 0 Å². The standard InChI is InChI=1S/C33H44ClN7O3/c1-7-26(42)39-17-33(18-39)12-22(13-33)41-20(3)27(28-24(14-35)25(36)10-19(2)29(28)34)30(37-41)40-9-8-21(11-32(40,4)5)31(43)38-15-23(16-38)44-6/h7,10,14,21-23,35H,1,8-9,11-13,15-18,36H2,2-6H3. The molecule has 3 aliphatic heterocycles. The normalized spacial score (nSPS) is 22.8. The lowest BCUT2D eigenvalue weighted by molar-refractivity contribution is -0.149. The third-order valence-corrected chi connectivity index (χ3v) is 11.0. The lowest BCUT2D eigenvalue weighted by atomic mass is 9.60. The molecule has 3 saturated heterocycles. The molecule has 236 valence electrons. The number of anilines is 2. The number of aryl methyl sites for hydroxylation is 1. The quantitative estimate of drug-likeness (QED) is 0.265. The van der Waals surface area contributed by atoms with E-state index in [-0.39, 0.29) is 40.8 Å². The lowest BCUT2D eigenvalue weighted by Crippen LogP contribution is -2.63. The maximum Gasteiger partial charge on any atom is 0.245 e. The van der Waals surface area contributed by atoms with Gasteiger partial charge < -0.3 is 30.6 Å². The summed E-state index contributed by atoms with van der Waals surface area (Å²) in [6.07, 6.45) is 6.10. The number of amides is 2. The molecule has 0 bridgehead atoms. The van der Waals surface area contributed by atoms with Gasteiger partial charge in [0.25, 0.3) is 0 Å². The summed E-state index contributed by atoms with van der Waals surface area (Å²) in [7, 11) is 1.69. The number of nitrogens with one attached hydrogen (secondary N) is 1. The third kappa shape index (κ3) is 4.81. The molecule has 44 heavy (non-hydrogen) atoms. The molecule has 10 nitrogen and oxygen atoms in total. The number of carbonyl (C=O) groups excluding carboxylic acids is 2. The van der Waals surface area contributed by atoms with Gasteiger partial charge in [-0.25, -0.2) is 0 Å². The first-order valence-corrected chi connectivity index (χ1v) is 15.9. The highest BCUT2D eigenvalue weighted by molar-refractivity contribution is 6.35. The van der Waals surface area contributed by atoms with Crippen LogP contribution in [0, 0.1) is 30.6 Å². The van der Waals surface area contributed by atoms with E-state index in [1.54, 1.807) is 7.11 Å². The Labute approximate surface area is 264 Å². The van der Waals surface area contributed by atoms with E-state index < -0.39 is 0 Å². The molecule has 11 heteroatoms. The van der Waals surface area contributed by atoms with Crippen LogP contribution in [-0.2, 0) is 14.3 Å². The summed E-state index contributed by atoms with van der Waals surface area (Å²) in [4.78, 5) is 31.6. The van der Waals surface area contributed by atoms with Gasteiger partial charge >= 0.3 is 0 Å². The smallest absolute Gasteiger partial charge is 0.245 e. The molecule has 1 spiro atoms. The number of hydrogen-bond donors (Lipinski definition) is 2. The molecule has 1 aromatic carbocycles. The van der Waals surface area contributed by atoms with Crippen LogP contribution in [0.1, 0.15) is 62.4 Å². The van der Waals surface area contributed by atoms with E-state index >= 15 is 0 Å². The fraction of sp³-hybridized carbons (Fsp3) is 0.576. The van der Waals surface area contributed by atoms with Gasteiger partial charge in [-0.05, 0) is 71.1 Å². The molecule has 0 radical (unpaired) electrons. The van der Waals surface area contributed by atoms with E-state index in [0.29, 0.717) is 42.3 Å². The van der Waals surface area contributed by atoms with E-state index in [2.05, 4.69) is 36.9 Å². The first kappa shape index (κ1) is 30.6. The first-order chi connectivity index (χ1) is 20.8. The van der Waals surface area contributed by atoms with Crippen molar-refractivity contribution < 1.29 is 14.3 Å². The van der Waals surface area contributed by atoms with Crippen LogP contribution in [0.15, 0.2) is 18.7 Å². The van der Waals surface area contributed by atoms with Crippen molar-refractivity contribution >= 4 is 41.1 Å². The number of nitrogens with zero attached hydrogens (tertiary/aromatic N) is 5. The van der Waals surface area contributed by atoms with Gasteiger partial charge in [0.2, 0.25) is 11.8 Å². The van der Waals surface area contributed by atoms with Crippen molar-refractivity contribution in [2.75, 3.05) is 50.5 Å². The molecule has 6 rings (SSSR count). The van der Waals surface area contributed by atoms with E-state index in [0.717, 1.165) is 60.6 Å². The minimum Gasteiger partial charge on any atom is -0.398 e. The monoisotopic (exact) mass is 621 g/mol. The Hall–Kier alpha value is -3.37. The van der Waals surface area contributed by atoms with Crippen LogP contribution < -0.4 is 10.6 Å². The fourth-order valence-electron chi connectivity index (χ4n) is 8.03. The van der Waals surface area contributed by atoms with Crippen molar-refractivity contribution in [2.24, 2.45) is 11.3 Å². The summed E-state index contributed by atoms with van der Waals surface area (Å²) in [5.74, 6) is 0.946. The van der Waals surface area contributed by atoms with Crippen LogP contribution in [0.25, 0.3) is 11.1 Å². The van der Waals surface area contributed by atoms with Crippen molar-refractivity contribution in [2.45, 2.75) is 71.1 Å². The molecule has 3 N–H and O–H groups in total. The average molecular weight is 622 g/mol. The van der Waals surface area contributed by atoms with Gasteiger partial charge in [-0.1, -0.05) is 18.2 Å². The number of halogens is 1. The second kappa shape index (κ2) is 10.9. The highest BCUT2D eigenvalue weighted by Crippen LogP contribution is 2.56. The summed E-state index contributed by atoms with van der Waals surface area (Å²) in [6, 6.07) is 2.01. The summed E-state index contributed by atoms with van der Waals surface area (Å²) >= 11 is 7.04. The molecule has 4 aliphatic rings. The van der Waals surface area contributed by atoms with E-state index in [1.165, 1.54) is 12.3 Å². The predicted molar refractivity (Wildman–Crippen MR) is 173 cm³/mol. The lowest BCUT2D eigenvalue weighted by Gasteiger charge is -2.58. The number of benzene rings is 1. The van der Waals surface area contributed by atoms with Gasteiger partial charge in [0.15, 0.2) is 5.82 Å². The van der Waals surface area contributed by atoms with Crippen molar-refractivity contribution in [1.29, 1.82) is 5.41 Å². The minimum atomic E-state index is -0.364. The molecule has 1 unspecified atom stereocenters. The van der Waals surface area contributed by atoms with Gasteiger partial charge in [0.1, 0.15) is 0 Å². The number of methoxy groups -OCH3 is 1. The minimum absolute atomic E-state index is 0.0125. The molecule has 1 aromatic heterocycles. The molecule has 1 atom stereocenters. The SMILES string of the molecule is C=CC(=O)N1CC2(CC(n3nc(N4CCC(C(=O)N5CC(OC)C5)CC4(C)C)c(-c4c(Cl)c(C)cc(N)c4C=N)c3C)C2)C1. The van der Waals surface area contributed by atoms with Gasteiger partial charge in [-0.2, -0.15) is 5.10 Å². The van der Waals surface area contributed by atoms with Crippen LogP contribution in [0.3, 0.4) is 0 Å². The highest BCUT2D eigenvalue weighted by Gasteiger charge is 2.55. The second-order valence-corrected chi connectivity index (χ2v) is 14.4. The van der Waals surface area contributed by atoms with Gasteiger partial charge in [0.05, 0.1) is 17.2 Å². The number of nitrogens with two attached hydrogens (primary N) is 1. The largest absolute Gasteiger partial charge is 0.398 e. The topological polar surface area (TPSA) is 121 Å². The number of carbonyl (C=O) groups is 2. The summed E-state index contributed by atoms with van der Waals surface area (Å²) in [5, 5.41) is 14.1.